The second-order valence-corrected chi connectivity index (χ2v) is 4.20. The summed E-state index contributed by atoms with van der Waals surface area (Å²) in [6, 6.07) is 6.29. The van der Waals surface area contributed by atoms with Gasteiger partial charge in [-0.05, 0) is 24.6 Å². The lowest BCUT2D eigenvalue weighted by Crippen LogP contribution is -2.40. The molecule has 0 spiro atoms. The minimum atomic E-state index is -0.408. The number of benzene rings is 1. The van der Waals surface area contributed by atoms with Gasteiger partial charge in [-0.1, -0.05) is 6.07 Å². The summed E-state index contributed by atoms with van der Waals surface area (Å²) in [7, 11) is 1.73. The monoisotopic (exact) mass is 233 g/mol. The van der Waals surface area contributed by atoms with Crippen LogP contribution in [0.4, 0.5) is 5.69 Å². The molecule has 17 heavy (non-hydrogen) atoms. The third-order valence-electron chi connectivity index (χ3n) is 2.88. The van der Waals surface area contributed by atoms with Gasteiger partial charge in [-0.15, -0.1) is 0 Å². The summed E-state index contributed by atoms with van der Waals surface area (Å²) in [5.41, 5.74) is 6.61. The molecule has 3 N–H and O–H groups in total. The number of nitrogens with one attached hydrogen (secondary N) is 1. The molecular formula is C12H15N3O2. The molecule has 90 valence electrons. The molecule has 2 amide bonds. The van der Waals surface area contributed by atoms with Gasteiger partial charge in [-0.3, -0.25) is 9.59 Å². The van der Waals surface area contributed by atoms with Crippen LogP contribution in [0.25, 0.3) is 0 Å². The largest absolute Gasteiger partial charge is 0.399 e. The number of rotatable bonds is 2. The van der Waals surface area contributed by atoms with E-state index in [0.29, 0.717) is 24.2 Å². The normalized spacial score (nSPS) is 19.5. The Kier molecular flexibility index (Phi) is 2.99. The Labute approximate surface area is 99.6 Å². The van der Waals surface area contributed by atoms with Crippen molar-refractivity contribution in [3.05, 3.63) is 29.8 Å². The van der Waals surface area contributed by atoms with Crippen molar-refractivity contribution in [3.8, 4) is 0 Å². The SMILES string of the molecule is CN1CCC(NC(=O)c2cccc(N)c2)C1=O. The van der Waals surface area contributed by atoms with Crippen molar-refractivity contribution in [1.82, 2.24) is 10.2 Å². The Bertz CT molecular complexity index is 459. The minimum Gasteiger partial charge on any atom is -0.399 e. The van der Waals surface area contributed by atoms with Gasteiger partial charge in [0.25, 0.3) is 5.91 Å². The van der Waals surface area contributed by atoms with E-state index in [-0.39, 0.29) is 11.8 Å². The van der Waals surface area contributed by atoms with Crippen molar-refractivity contribution in [2.75, 3.05) is 19.3 Å². The molecule has 1 fully saturated rings. The fourth-order valence-corrected chi connectivity index (χ4v) is 1.88. The van der Waals surface area contributed by atoms with E-state index < -0.39 is 6.04 Å². The molecule has 1 aliphatic rings. The van der Waals surface area contributed by atoms with E-state index in [1.165, 1.54) is 0 Å². The molecule has 5 nitrogen and oxygen atoms in total. The number of nitrogens with two attached hydrogens (primary N) is 1. The van der Waals surface area contributed by atoms with Crippen LogP contribution in [0.3, 0.4) is 0 Å². The number of carbonyl (C=O) groups is 2. The predicted octanol–water partition coefficient (Wildman–Crippen LogP) is 0.229. The summed E-state index contributed by atoms with van der Waals surface area (Å²) in [6.45, 7) is 0.681. The van der Waals surface area contributed by atoms with Crippen molar-refractivity contribution >= 4 is 17.5 Å². The number of anilines is 1. The van der Waals surface area contributed by atoms with E-state index >= 15 is 0 Å². The molecule has 1 atom stereocenters. The fourth-order valence-electron chi connectivity index (χ4n) is 1.88. The zero-order valence-corrected chi connectivity index (χ0v) is 9.64. The molecule has 0 aromatic heterocycles. The van der Waals surface area contributed by atoms with Crippen LogP contribution < -0.4 is 11.1 Å². The van der Waals surface area contributed by atoms with E-state index in [9.17, 15) is 9.59 Å². The maximum atomic E-state index is 11.9. The molecule has 1 saturated heterocycles. The van der Waals surface area contributed by atoms with Crippen LogP contribution in [0.2, 0.25) is 0 Å². The van der Waals surface area contributed by atoms with E-state index in [1.807, 2.05) is 0 Å². The Balaban J connectivity index is 2.05. The highest BCUT2D eigenvalue weighted by atomic mass is 16.2. The summed E-state index contributed by atoms with van der Waals surface area (Å²) in [6.07, 6.45) is 0.656. The smallest absolute Gasteiger partial charge is 0.252 e. The molecule has 0 radical (unpaired) electrons. The van der Waals surface area contributed by atoms with E-state index in [1.54, 1.807) is 36.2 Å². The molecule has 5 heteroatoms. The highest BCUT2D eigenvalue weighted by Crippen LogP contribution is 2.11. The van der Waals surface area contributed by atoms with Crippen LogP contribution in [0.15, 0.2) is 24.3 Å². The topological polar surface area (TPSA) is 75.4 Å². The van der Waals surface area contributed by atoms with Crippen LogP contribution in [0, 0.1) is 0 Å². The number of nitrogens with zero attached hydrogens (tertiary/aromatic N) is 1. The van der Waals surface area contributed by atoms with Gasteiger partial charge in [0, 0.05) is 24.8 Å². The van der Waals surface area contributed by atoms with Crippen molar-refractivity contribution in [1.29, 1.82) is 0 Å². The Hall–Kier alpha value is -2.04. The molecule has 1 aliphatic heterocycles. The van der Waals surface area contributed by atoms with Gasteiger partial charge in [0.1, 0.15) is 6.04 Å². The molecule has 1 aromatic rings. The lowest BCUT2D eigenvalue weighted by Gasteiger charge is -2.12. The Morgan fingerprint density at radius 2 is 2.29 bits per heavy atom. The second kappa shape index (κ2) is 4.45. The number of carbonyl (C=O) groups excluding carboxylic acids is 2. The van der Waals surface area contributed by atoms with Gasteiger partial charge in [-0.2, -0.15) is 0 Å². The number of amides is 2. The standard InChI is InChI=1S/C12H15N3O2/c1-15-6-5-10(12(15)17)14-11(16)8-3-2-4-9(13)7-8/h2-4,7,10H,5-6,13H2,1H3,(H,14,16). The lowest BCUT2D eigenvalue weighted by atomic mass is 10.1. The number of likely N-dealkylation sites (tertiary alicyclic amines) is 1. The average molecular weight is 233 g/mol. The van der Waals surface area contributed by atoms with Gasteiger partial charge in [0.05, 0.1) is 0 Å². The quantitative estimate of drug-likeness (QED) is 0.718. The molecule has 1 aromatic carbocycles. The summed E-state index contributed by atoms with van der Waals surface area (Å²) in [5, 5.41) is 2.72. The van der Waals surface area contributed by atoms with Crippen LogP contribution >= 0.6 is 0 Å². The summed E-state index contributed by atoms with van der Waals surface area (Å²) < 4.78 is 0. The zero-order valence-electron chi connectivity index (χ0n) is 9.64. The summed E-state index contributed by atoms with van der Waals surface area (Å²) in [5.74, 6) is -0.298. The van der Waals surface area contributed by atoms with E-state index in [0.717, 1.165) is 0 Å². The third-order valence-corrected chi connectivity index (χ3v) is 2.88. The molecule has 1 unspecified atom stereocenters. The Morgan fingerprint density at radius 3 is 2.88 bits per heavy atom. The molecular weight excluding hydrogens is 218 g/mol. The van der Waals surface area contributed by atoms with Crippen molar-refractivity contribution in [2.24, 2.45) is 0 Å². The van der Waals surface area contributed by atoms with Gasteiger partial charge < -0.3 is 16.0 Å². The maximum absolute atomic E-state index is 11.9. The lowest BCUT2D eigenvalue weighted by molar-refractivity contribution is -0.128. The van der Waals surface area contributed by atoms with Crippen molar-refractivity contribution < 1.29 is 9.59 Å². The second-order valence-electron chi connectivity index (χ2n) is 4.20. The summed E-state index contributed by atoms with van der Waals surface area (Å²) >= 11 is 0. The van der Waals surface area contributed by atoms with Crippen LogP contribution in [-0.2, 0) is 4.79 Å². The number of hydrogen-bond acceptors (Lipinski definition) is 3. The molecule has 0 saturated carbocycles. The predicted molar refractivity (Wildman–Crippen MR) is 64.4 cm³/mol. The molecule has 0 bridgehead atoms. The molecule has 0 aliphatic carbocycles. The van der Waals surface area contributed by atoms with E-state index in [4.69, 9.17) is 5.73 Å². The first-order valence-corrected chi connectivity index (χ1v) is 5.49. The first-order valence-electron chi connectivity index (χ1n) is 5.49. The van der Waals surface area contributed by atoms with E-state index in [2.05, 4.69) is 5.32 Å². The first kappa shape index (κ1) is 11.4. The number of hydrogen-bond donors (Lipinski definition) is 2. The number of nitrogen functional groups attached to an aromatic ring is 1. The highest BCUT2D eigenvalue weighted by molar-refractivity contribution is 5.98. The minimum absolute atomic E-state index is 0.0396. The summed E-state index contributed by atoms with van der Waals surface area (Å²) in [4.78, 5) is 25.1. The van der Waals surface area contributed by atoms with Gasteiger partial charge in [0.2, 0.25) is 5.91 Å². The highest BCUT2D eigenvalue weighted by Gasteiger charge is 2.30. The average Bonchev–Trinajstić information content (AvgIpc) is 2.61. The van der Waals surface area contributed by atoms with Gasteiger partial charge >= 0.3 is 0 Å². The van der Waals surface area contributed by atoms with Gasteiger partial charge in [-0.25, -0.2) is 0 Å². The third kappa shape index (κ3) is 2.38. The van der Waals surface area contributed by atoms with Crippen molar-refractivity contribution in [2.45, 2.75) is 12.5 Å². The zero-order chi connectivity index (χ0) is 12.4. The first-order chi connectivity index (χ1) is 8.08. The van der Waals surface area contributed by atoms with Crippen LogP contribution in [-0.4, -0.2) is 36.3 Å². The van der Waals surface area contributed by atoms with Crippen LogP contribution in [0.1, 0.15) is 16.8 Å². The fraction of sp³-hybridized carbons (Fsp3) is 0.333. The number of likely N-dealkylation sites (N-methyl/N-ethyl adjacent to an activating group) is 1. The van der Waals surface area contributed by atoms with Crippen LogP contribution in [0.5, 0.6) is 0 Å². The molecule has 1 heterocycles. The van der Waals surface area contributed by atoms with Crippen molar-refractivity contribution in [3.63, 3.8) is 0 Å². The maximum Gasteiger partial charge on any atom is 0.252 e. The van der Waals surface area contributed by atoms with Gasteiger partial charge in [0.15, 0.2) is 0 Å². The molecule has 2 rings (SSSR count). The Morgan fingerprint density at radius 1 is 1.53 bits per heavy atom.